The number of likely N-dealkylation sites (tertiary alicyclic amines) is 1. The summed E-state index contributed by atoms with van der Waals surface area (Å²) in [4.78, 5) is 4.94. The number of rotatable bonds is 5. The SMILES string of the molecule is CC(C)CN(C)CCC1CCN(C)CC1. The summed E-state index contributed by atoms with van der Waals surface area (Å²) < 4.78 is 0. The lowest BCUT2D eigenvalue weighted by Gasteiger charge is -2.30. The molecular formula is C13H28N2. The van der Waals surface area contributed by atoms with Crippen LogP contribution in [0.15, 0.2) is 0 Å². The van der Waals surface area contributed by atoms with E-state index in [2.05, 4.69) is 37.7 Å². The molecule has 0 aliphatic carbocycles. The van der Waals surface area contributed by atoms with Crippen LogP contribution in [0.3, 0.4) is 0 Å². The number of hydrogen-bond acceptors (Lipinski definition) is 2. The van der Waals surface area contributed by atoms with Gasteiger partial charge in [0.1, 0.15) is 0 Å². The lowest BCUT2D eigenvalue weighted by atomic mass is 9.93. The summed E-state index contributed by atoms with van der Waals surface area (Å²) in [7, 11) is 4.50. The van der Waals surface area contributed by atoms with Crippen LogP contribution in [0.2, 0.25) is 0 Å². The monoisotopic (exact) mass is 212 g/mol. The molecule has 0 atom stereocenters. The third kappa shape index (κ3) is 5.53. The van der Waals surface area contributed by atoms with Crippen LogP contribution in [0.5, 0.6) is 0 Å². The van der Waals surface area contributed by atoms with E-state index in [9.17, 15) is 0 Å². The maximum absolute atomic E-state index is 2.49. The van der Waals surface area contributed by atoms with Crippen molar-refractivity contribution < 1.29 is 0 Å². The molecule has 0 bridgehead atoms. The molecule has 15 heavy (non-hydrogen) atoms. The zero-order valence-corrected chi connectivity index (χ0v) is 11.0. The van der Waals surface area contributed by atoms with Crippen LogP contribution in [0.25, 0.3) is 0 Å². The predicted octanol–water partition coefficient (Wildman–Crippen LogP) is 2.31. The molecular weight excluding hydrogens is 184 g/mol. The second kappa shape index (κ2) is 6.49. The molecule has 0 aromatic heterocycles. The average Bonchev–Trinajstić information content (AvgIpc) is 2.16. The number of hydrogen-bond donors (Lipinski definition) is 0. The Bertz CT molecular complexity index is 160. The zero-order chi connectivity index (χ0) is 11.3. The van der Waals surface area contributed by atoms with Crippen molar-refractivity contribution in [3.8, 4) is 0 Å². The van der Waals surface area contributed by atoms with Crippen LogP contribution in [0.1, 0.15) is 33.1 Å². The first-order chi connectivity index (χ1) is 7.08. The van der Waals surface area contributed by atoms with Gasteiger partial charge in [-0.1, -0.05) is 13.8 Å². The van der Waals surface area contributed by atoms with E-state index in [0.29, 0.717) is 0 Å². The molecule has 0 aromatic rings. The van der Waals surface area contributed by atoms with Gasteiger partial charge in [-0.3, -0.25) is 0 Å². The van der Waals surface area contributed by atoms with Gasteiger partial charge in [0.2, 0.25) is 0 Å². The van der Waals surface area contributed by atoms with Crippen molar-refractivity contribution in [1.29, 1.82) is 0 Å². The topological polar surface area (TPSA) is 6.48 Å². The molecule has 0 spiro atoms. The van der Waals surface area contributed by atoms with E-state index >= 15 is 0 Å². The first kappa shape index (κ1) is 13.0. The van der Waals surface area contributed by atoms with E-state index in [1.165, 1.54) is 45.4 Å². The molecule has 0 saturated carbocycles. The minimum atomic E-state index is 0.799. The third-order valence-corrected chi connectivity index (χ3v) is 3.43. The Labute approximate surface area is 95.6 Å². The van der Waals surface area contributed by atoms with Gasteiger partial charge in [0, 0.05) is 6.54 Å². The summed E-state index contributed by atoms with van der Waals surface area (Å²) in [6.07, 6.45) is 4.22. The summed E-state index contributed by atoms with van der Waals surface area (Å²) in [6, 6.07) is 0. The zero-order valence-electron chi connectivity index (χ0n) is 11.0. The molecule has 0 aromatic carbocycles. The Hall–Kier alpha value is -0.0800. The predicted molar refractivity (Wildman–Crippen MR) is 67.2 cm³/mol. The highest BCUT2D eigenvalue weighted by Crippen LogP contribution is 2.19. The minimum absolute atomic E-state index is 0.799. The van der Waals surface area contributed by atoms with Gasteiger partial charge in [-0.2, -0.15) is 0 Å². The maximum Gasteiger partial charge on any atom is 0.000133 e. The molecule has 0 amide bonds. The van der Waals surface area contributed by atoms with Gasteiger partial charge in [-0.15, -0.1) is 0 Å². The molecule has 1 rings (SSSR count). The highest BCUT2D eigenvalue weighted by molar-refractivity contribution is 4.71. The maximum atomic E-state index is 2.49. The highest BCUT2D eigenvalue weighted by atomic mass is 15.1. The first-order valence-electron chi connectivity index (χ1n) is 6.45. The van der Waals surface area contributed by atoms with E-state index in [-0.39, 0.29) is 0 Å². The standard InChI is InChI=1S/C13H28N2/c1-12(2)11-15(4)10-7-13-5-8-14(3)9-6-13/h12-13H,5-11H2,1-4H3. The average molecular weight is 212 g/mol. The van der Waals surface area contributed by atoms with Gasteiger partial charge in [0.05, 0.1) is 0 Å². The summed E-state index contributed by atoms with van der Waals surface area (Å²) in [5, 5.41) is 0. The summed E-state index contributed by atoms with van der Waals surface area (Å²) in [5.41, 5.74) is 0. The van der Waals surface area contributed by atoms with Gasteiger partial charge < -0.3 is 9.80 Å². The molecule has 1 aliphatic heterocycles. The quantitative estimate of drug-likeness (QED) is 0.690. The van der Waals surface area contributed by atoms with Crippen molar-refractivity contribution in [3.05, 3.63) is 0 Å². The van der Waals surface area contributed by atoms with E-state index < -0.39 is 0 Å². The third-order valence-electron chi connectivity index (χ3n) is 3.43. The lowest BCUT2D eigenvalue weighted by Crippen LogP contribution is -2.32. The molecule has 1 aliphatic rings. The van der Waals surface area contributed by atoms with Crippen molar-refractivity contribution in [2.24, 2.45) is 11.8 Å². The van der Waals surface area contributed by atoms with E-state index in [0.717, 1.165) is 11.8 Å². The Kier molecular flexibility index (Phi) is 5.62. The summed E-state index contributed by atoms with van der Waals surface area (Å²) >= 11 is 0. The summed E-state index contributed by atoms with van der Waals surface area (Å²) in [5.74, 6) is 1.78. The van der Waals surface area contributed by atoms with Crippen LogP contribution < -0.4 is 0 Å². The smallest absolute Gasteiger partial charge is 0.000133 e. The normalized spacial score (nSPS) is 20.4. The van der Waals surface area contributed by atoms with Crippen LogP contribution in [0, 0.1) is 11.8 Å². The van der Waals surface area contributed by atoms with E-state index in [1.807, 2.05) is 0 Å². The van der Waals surface area contributed by atoms with Crippen molar-refractivity contribution >= 4 is 0 Å². The first-order valence-corrected chi connectivity index (χ1v) is 6.45. The van der Waals surface area contributed by atoms with Crippen molar-refractivity contribution in [1.82, 2.24) is 9.80 Å². The molecule has 2 heteroatoms. The van der Waals surface area contributed by atoms with Crippen molar-refractivity contribution in [2.75, 3.05) is 40.3 Å². The second-order valence-corrected chi connectivity index (χ2v) is 5.69. The van der Waals surface area contributed by atoms with E-state index in [4.69, 9.17) is 0 Å². The summed E-state index contributed by atoms with van der Waals surface area (Å²) in [6.45, 7) is 9.73. The second-order valence-electron chi connectivity index (χ2n) is 5.69. The molecule has 0 N–H and O–H groups in total. The Balaban J connectivity index is 2.09. The molecule has 90 valence electrons. The van der Waals surface area contributed by atoms with Gasteiger partial charge in [-0.05, 0) is 64.8 Å². The molecule has 1 fully saturated rings. The van der Waals surface area contributed by atoms with Gasteiger partial charge in [0.25, 0.3) is 0 Å². The number of piperidine rings is 1. The van der Waals surface area contributed by atoms with Crippen LogP contribution in [0.4, 0.5) is 0 Å². The van der Waals surface area contributed by atoms with Crippen LogP contribution >= 0.6 is 0 Å². The van der Waals surface area contributed by atoms with E-state index in [1.54, 1.807) is 0 Å². The van der Waals surface area contributed by atoms with Gasteiger partial charge >= 0.3 is 0 Å². The van der Waals surface area contributed by atoms with Crippen LogP contribution in [-0.4, -0.2) is 50.1 Å². The number of nitrogens with zero attached hydrogens (tertiary/aromatic N) is 2. The minimum Gasteiger partial charge on any atom is -0.306 e. The lowest BCUT2D eigenvalue weighted by molar-refractivity contribution is 0.191. The molecule has 2 nitrogen and oxygen atoms in total. The Morgan fingerprint density at radius 2 is 1.87 bits per heavy atom. The Morgan fingerprint density at radius 3 is 2.40 bits per heavy atom. The fraction of sp³-hybridized carbons (Fsp3) is 1.00. The fourth-order valence-corrected chi connectivity index (χ4v) is 2.47. The molecule has 1 saturated heterocycles. The molecule has 0 radical (unpaired) electrons. The van der Waals surface area contributed by atoms with Crippen molar-refractivity contribution in [3.63, 3.8) is 0 Å². The largest absolute Gasteiger partial charge is 0.306 e. The van der Waals surface area contributed by atoms with Crippen LogP contribution in [-0.2, 0) is 0 Å². The fourth-order valence-electron chi connectivity index (χ4n) is 2.47. The highest BCUT2D eigenvalue weighted by Gasteiger charge is 2.16. The van der Waals surface area contributed by atoms with Gasteiger partial charge in [0.15, 0.2) is 0 Å². The van der Waals surface area contributed by atoms with Gasteiger partial charge in [-0.25, -0.2) is 0 Å². The Morgan fingerprint density at radius 1 is 1.27 bits per heavy atom. The molecule has 1 heterocycles. The molecule has 0 unspecified atom stereocenters. The van der Waals surface area contributed by atoms with Crippen molar-refractivity contribution in [2.45, 2.75) is 33.1 Å².